The number of carbonyl (C=O) groups excluding carboxylic acids is 1. The maximum absolute atomic E-state index is 13.0. The van der Waals surface area contributed by atoms with Gasteiger partial charge in [0.1, 0.15) is 0 Å². The Bertz CT molecular complexity index is 907. The number of hydrogen-bond acceptors (Lipinski definition) is 5. The average molecular weight is 403 g/mol. The van der Waals surface area contributed by atoms with Crippen LogP contribution in [0.4, 0.5) is 0 Å². The molecule has 1 aromatic carbocycles. The zero-order valence-corrected chi connectivity index (χ0v) is 17.0. The summed E-state index contributed by atoms with van der Waals surface area (Å²) in [5, 5.41) is 0. The second-order valence-corrected chi connectivity index (χ2v) is 8.95. The molecule has 0 bridgehead atoms. The van der Waals surface area contributed by atoms with E-state index in [0.29, 0.717) is 25.1 Å². The molecule has 0 atom stereocenters. The number of pyridine rings is 1. The van der Waals surface area contributed by atoms with Crippen molar-refractivity contribution in [2.24, 2.45) is 0 Å². The van der Waals surface area contributed by atoms with Crippen molar-refractivity contribution in [2.75, 3.05) is 19.7 Å². The summed E-state index contributed by atoms with van der Waals surface area (Å²) in [7, 11) is -3.59. The van der Waals surface area contributed by atoms with Crippen molar-refractivity contribution >= 4 is 16.0 Å². The Morgan fingerprint density at radius 3 is 2.68 bits per heavy atom. The van der Waals surface area contributed by atoms with Gasteiger partial charge < -0.3 is 4.74 Å². The molecule has 0 spiro atoms. The summed E-state index contributed by atoms with van der Waals surface area (Å²) in [5.41, 5.74) is 1.99. The zero-order chi connectivity index (χ0) is 20.0. The molecule has 0 unspecified atom stereocenters. The quantitative estimate of drug-likeness (QED) is 0.524. The summed E-state index contributed by atoms with van der Waals surface area (Å²) in [6.07, 6.45) is 7.76. The molecule has 1 aliphatic rings. The molecule has 2 heterocycles. The van der Waals surface area contributed by atoms with Crippen LogP contribution in [-0.4, -0.2) is 43.4 Å². The van der Waals surface area contributed by atoms with Gasteiger partial charge in [0.15, 0.2) is 0 Å². The minimum Gasteiger partial charge on any atom is -0.462 e. The van der Waals surface area contributed by atoms with Crippen LogP contribution < -0.4 is 0 Å². The van der Waals surface area contributed by atoms with E-state index in [1.807, 2.05) is 12.1 Å². The minimum absolute atomic E-state index is 0.194. The molecule has 0 aliphatic carbocycles. The SMILES string of the molecule is Cc1ccc(C(=O)OCCCc2cccnc2)cc1S(=O)(=O)N1CCCCC1. The van der Waals surface area contributed by atoms with Crippen LogP contribution in [0, 0.1) is 6.92 Å². The van der Waals surface area contributed by atoms with Gasteiger partial charge in [0.25, 0.3) is 0 Å². The largest absolute Gasteiger partial charge is 0.462 e. The number of piperidine rings is 1. The predicted octanol–water partition coefficient (Wildman–Crippen LogP) is 3.35. The van der Waals surface area contributed by atoms with Gasteiger partial charge in [-0.05, 0) is 61.9 Å². The molecular formula is C21H26N2O4S. The van der Waals surface area contributed by atoms with Crippen molar-refractivity contribution in [3.05, 3.63) is 59.4 Å². The van der Waals surface area contributed by atoms with Crippen molar-refractivity contribution in [1.29, 1.82) is 0 Å². The number of esters is 1. The lowest BCUT2D eigenvalue weighted by Crippen LogP contribution is -2.36. The fourth-order valence-corrected chi connectivity index (χ4v) is 5.09. The molecule has 2 aromatic rings. The highest BCUT2D eigenvalue weighted by Gasteiger charge is 2.28. The van der Waals surface area contributed by atoms with Crippen molar-refractivity contribution in [3.63, 3.8) is 0 Å². The van der Waals surface area contributed by atoms with Crippen molar-refractivity contribution < 1.29 is 17.9 Å². The Labute approximate surface area is 166 Å². The molecule has 1 saturated heterocycles. The van der Waals surface area contributed by atoms with E-state index in [4.69, 9.17) is 4.74 Å². The van der Waals surface area contributed by atoms with E-state index < -0.39 is 16.0 Å². The normalized spacial score (nSPS) is 15.3. The van der Waals surface area contributed by atoms with E-state index in [2.05, 4.69) is 4.98 Å². The van der Waals surface area contributed by atoms with Gasteiger partial charge in [-0.1, -0.05) is 18.6 Å². The van der Waals surface area contributed by atoms with Crippen molar-refractivity contribution in [1.82, 2.24) is 9.29 Å². The van der Waals surface area contributed by atoms with Crippen LogP contribution in [0.25, 0.3) is 0 Å². The first-order chi connectivity index (χ1) is 13.5. The van der Waals surface area contributed by atoms with Crippen molar-refractivity contribution in [2.45, 2.75) is 43.9 Å². The van der Waals surface area contributed by atoms with Gasteiger partial charge in [0.05, 0.1) is 17.1 Å². The molecule has 7 heteroatoms. The fourth-order valence-electron chi connectivity index (χ4n) is 3.32. The Hall–Kier alpha value is -2.25. The number of aryl methyl sites for hydroxylation is 2. The van der Waals surface area contributed by atoms with Crippen LogP contribution >= 0.6 is 0 Å². The van der Waals surface area contributed by atoms with E-state index in [9.17, 15) is 13.2 Å². The lowest BCUT2D eigenvalue weighted by Gasteiger charge is -2.26. The molecule has 0 amide bonds. The molecule has 1 fully saturated rings. The number of sulfonamides is 1. The Balaban J connectivity index is 1.64. The predicted molar refractivity (Wildman–Crippen MR) is 107 cm³/mol. The molecule has 0 radical (unpaired) electrons. The third-order valence-electron chi connectivity index (χ3n) is 4.92. The monoisotopic (exact) mass is 402 g/mol. The zero-order valence-electron chi connectivity index (χ0n) is 16.1. The standard InChI is InChI=1S/C21H26N2O4S/c1-17-9-10-19(15-20(17)28(25,26)23-12-3-2-4-13-23)21(24)27-14-6-8-18-7-5-11-22-16-18/h5,7,9-11,15-16H,2-4,6,8,12-14H2,1H3. The molecule has 6 nitrogen and oxygen atoms in total. The molecule has 1 aromatic heterocycles. The van der Waals surface area contributed by atoms with Crippen LogP contribution in [0.15, 0.2) is 47.6 Å². The summed E-state index contributed by atoms with van der Waals surface area (Å²) in [4.78, 5) is 16.6. The van der Waals surface area contributed by atoms with Gasteiger partial charge in [0.2, 0.25) is 10.0 Å². The number of hydrogen-bond donors (Lipinski definition) is 0. The van der Waals surface area contributed by atoms with Crippen LogP contribution in [-0.2, 0) is 21.2 Å². The first-order valence-electron chi connectivity index (χ1n) is 9.65. The van der Waals surface area contributed by atoms with Crippen LogP contribution in [0.1, 0.15) is 47.2 Å². The van der Waals surface area contributed by atoms with Crippen LogP contribution in [0.2, 0.25) is 0 Å². The first-order valence-corrected chi connectivity index (χ1v) is 11.1. The van der Waals surface area contributed by atoms with Gasteiger partial charge in [0, 0.05) is 25.5 Å². The molecule has 3 rings (SSSR count). The lowest BCUT2D eigenvalue weighted by molar-refractivity contribution is 0.0500. The molecule has 1 aliphatic heterocycles. The number of rotatable bonds is 7. The maximum Gasteiger partial charge on any atom is 0.338 e. The smallest absolute Gasteiger partial charge is 0.338 e. The minimum atomic E-state index is -3.59. The van der Waals surface area contributed by atoms with E-state index in [0.717, 1.165) is 31.2 Å². The van der Waals surface area contributed by atoms with Gasteiger partial charge in [-0.25, -0.2) is 13.2 Å². The van der Waals surface area contributed by atoms with Crippen LogP contribution in [0.5, 0.6) is 0 Å². The molecule has 0 N–H and O–H groups in total. The second-order valence-electron chi connectivity index (χ2n) is 7.05. The fraction of sp³-hybridized carbons (Fsp3) is 0.429. The highest BCUT2D eigenvalue weighted by molar-refractivity contribution is 7.89. The third kappa shape index (κ3) is 4.97. The number of nitrogens with zero attached hydrogens (tertiary/aromatic N) is 2. The lowest BCUT2D eigenvalue weighted by atomic mass is 10.1. The Morgan fingerprint density at radius 1 is 1.18 bits per heavy atom. The summed E-state index contributed by atoms with van der Waals surface area (Å²) < 4.78 is 32.8. The average Bonchev–Trinajstić information content (AvgIpc) is 2.72. The number of ether oxygens (including phenoxy) is 1. The second kappa shape index (κ2) is 9.30. The van der Waals surface area contributed by atoms with Crippen LogP contribution in [0.3, 0.4) is 0 Å². The summed E-state index contributed by atoms with van der Waals surface area (Å²) in [6, 6.07) is 8.59. The van der Waals surface area contributed by atoms with E-state index in [1.165, 1.54) is 10.4 Å². The summed E-state index contributed by atoms with van der Waals surface area (Å²) >= 11 is 0. The van der Waals surface area contributed by atoms with Gasteiger partial charge >= 0.3 is 5.97 Å². The van der Waals surface area contributed by atoms with Gasteiger partial charge in [-0.15, -0.1) is 0 Å². The number of carbonyl (C=O) groups is 1. The molecule has 150 valence electrons. The summed E-state index contributed by atoms with van der Waals surface area (Å²) in [5.74, 6) is -0.499. The van der Waals surface area contributed by atoms with E-state index in [-0.39, 0.29) is 17.1 Å². The summed E-state index contributed by atoms with van der Waals surface area (Å²) in [6.45, 7) is 3.09. The molecule has 0 saturated carbocycles. The van der Waals surface area contributed by atoms with Crippen molar-refractivity contribution in [3.8, 4) is 0 Å². The topological polar surface area (TPSA) is 76.6 Å². The third-order valence-corrected chi connectivity index (χ3v) is 6.96. The Morgan fingerprint density at radius 2 is 1.96 bits per heavy atom. The highest BCUT2D eigenvalue weighted by Crippen LogP contribution is 2.24. The van der Waals surface area contributed by atoms with E-state index >= 15 is 0 Å². The van der Waals surface area contributed by atoms with E-state index in [1.54, 1.807) is 31.5 Å². The number of aromatic nitrogens is 1. The highest BCUT2D eigenvalue weighted by atomic mass is 32.2. The molecular weight excluding hydrogens is 376 g/mol. The Kier molecular flexibility index (Phi) is 6.80. The van der Waals surface area contributed by atoms with Gasteiger partial charge in [-0.3, -0.25) is 4.98 Å². The number of benzene rings is 1. The first kappa shape index (κ1) is 20.5. The molecule has 28 heavy (non-hydrogen) atoms. The van der Waals surface area contributed by atoms with Gasteiger partial charge in [-0.2, -0.15) is 4.31 Å². The maximum atomic E-state index is 13.0.